The molecule has 2 aromatic heterocycles. The molecule has 0 saturated heterocycles. The van der Waals surface area contributed by atoms with Crippen LogP contribution in [-0.2, 0) is 0 Å². The number of rotatable bonds is 3. The van der Waals surface area contributed by atoms with Crippen LogP contribution < -0.4 is 10.2 Å². The topological polar surface area (TPSA) is 52.3 Å². The van der Waals surface area contributed by atoms with Gasteiger partial charge in [-0.15, -0.1) is 11.3 Å². The predicted molar refractivity (Wildman–Crippen MR) is 106 cm³/mol. The van der Waals surface area contributed by atoms with Gasteiger partial charge in [-0.05, 0) is 24.3 Å². The molecule has 0 N–H and O–H groups in total. The molecule has 4 nitrogen and oxygen atoms in total. The van der Waals surface area contributed by atoms with Crippen LogP contribution in [0.4, 0.5) is 0 Å². The third kappa shape index (κ3) is 2.88. The highest BCUT2D eigenvalue weighted by molar-refractivity contribution is 7.18. The summed E-state index contributed by atoms with van der Waals surface area (Å²) in [6.45, 7) is 0. The maximum Gasteiger partial charge on any atom is 0.205 e. The van der Waals surface area contributed by atoms with Crippen LogP contribution in [0.1, 0.15) is 0 Å². The first-order valence-corrected chi connectivity index (χ1v) is 9.17. The molecule has 0 radical (unpaired) electrons. The monoisotopic (exact) mass is 403 g/mol. The number of fused-ring (bicyclic) bond motifs is 1. The Bertz CT molecular complexity index is 1180. The zero-order chi connectivity index (χ0) is 18.3. The summed E-state index contributed by atoms with van der Waals surface area (Å²) < 4.78 is 11.8. The van der Waals surface area contributed by atoms with Crippen molar-refractivity contribution in [2.75, 3.05) is 7.11 Å². The van der Waals surface area contributed by atoms with E-state index in [-0.39, 0.29) is 5.43 Å². The van der Waals surface area contributed by atoms with Gasteiger partial charge in [0.1, 0.15) is 22.5 Å². The van der Waals surface area contributed by atoms with E-state index in [4.69, 9.17) is 32.4 Å². The standard InChI is InChI=1S/C19H11Cl2NO3S/c1-24-12-6-3-7-13-15(12)17(23)16(14-9-22-19(21)26-14)18(25-13)10-4-2-5-11(20)8-10/h2-9H,1H3. The van der Waals surface area contributed by atoms with Gasteiger partial charge < -0.3 is 9.15 Å². The highest BCUT2D eigenvalue weighted by Crippen LogP contribution is 2.38. The van der Waals surface area contributed by atoms with E-state index in [9.17, 15) is 4.79 Å². The Morgan fingerprint density at radius 3 is 2.65 bits per heavy atom. The van der Waals surface area contributed by atoms with E-state index in [1.165, 1.54) is 18.4 Å². The Balaban J connectivity index is 2.15. The van der Waals surface area contributed by atoms with Gasteiger partial charge in [-0.2, -0.15) is 0 Å². The van der Waals surface area contributed by atoms with Crippen molar-refractivity contribution in [1.82, 2.24) is 4.98 Å². The predicted octanol–water partition coefficient (Wildman–Crippen LogP) is 5.90. The summed E-state index contributed by atoms with van der Waals surface area (Å²) in [5.74, 6) is 0.865. The van der Waals surface area contributed by atoms with E-state index < -0.39 is 0 Å². The summed E-state index contributed by atoms with van der Waals surface area (Å²) in [6, 6.07) is 12.4. The average Bonchev–Trinajstić information content (AvgIpc) is 3.06. The number of hydrogen-bond donors (Lipinski definition) is 0. The average molecular weight is 404 g/mol. The largest absolute Gasteiger partial charge is 0.496 e. The smallest absolute Gasteiger partial charge is 0.205 e. The van der Waals surface area contributed by atoms with Crippen molar-refractivity contribution < 1.29 is 9.15 Å². The molecule has 0 aliphatic carbocycles. The molecule has 0 amide bonds. The van der Waals surface area contributed by atoms with Crippen LogP contribution in [0.25, 0.3) is 32.7 Å². The fourth-order valence-corrected chi connectivity index (χ4v) is 3.97. The molecule has 4 rings (SSSR count). The maximum absolute atomic E-state index is 13.4. The van der Waals surface area contributed by atoms with Crippen LogP contribution in [0.5, 0.6) is 5.75 Å². The van der Waals surface area contributed by atoms with Crippen molar-refractivity contribution in [3.63, 3.8) is 0 Å². The Kier molecular flexibility index (Phi) is 4.44. The fraction of sp³-hybridized carbons (Fsp3) is 0.0526. The number of thiazole rings is 1. The SMILES string of the molecule is COc1cccc2oc(-c3cccc(Cl)c3)c(-c3cnc(Cl)s3)c(=O)c12. The Morgan fingerprint density at radius 1 is 1.15 bits per heavy atom. The van der Waals surface area contributed by atoms with Crippen molar-refractivity contribution in [2.24, 2.45) is 0 Å². The Labute approximate surface area is 162 Å². The van der Waals surface area contributed by atoms with Crippen LogP contribution in [0.2, 0.25) is 9.49 Å². The molecule has 2 heterocycles. The van der Waals surface area contributed by atoms with Gasteiger partial charge in [0.25, 0.3) is 0 Å². The lowest BCUT2D eigenvalue weighted by Gasteiger charge is -2.11. The van der Waals surface area contributed by atoms with Crippen molar-refractivity contribution in [2.45, 2.75) is 0 Å². The number of ether oxygens (including phenoxy) is 1. The molecule has 4 aromatic rings. The fourth-order valence-electron chi connectivity index (χ4n) is 2.80. The van der Waals surface area contributed by atoms with Crippen LogP contribution in [0.15, 0.2) is 57.9 Å². The molecule has 26 heavy (non-hydrogen) atoms. The molecule has 0 spiro atoms. The van der Waals surface area contributed by atoms with Gasteiger partial charge in [0.05, 0.1) is 17.6 Å². The minimum absolute atomic E-state index is 0.209. The first-order valence-electron chi connectivity index (χ1n) is 7.60. The molecule has 0 aliphatic heterocycles. The lowest BCUT2D eigenvalue weighted by atomic mass is 10.0. The molecule has 0 aliphatic rings. The summed E-state index contributed by atoms with van der Waals surface area (Å²) in [6.07, 6.45) is 1.56. The van der Waals surface area contributed by atoms with E-state index in [2.05, 4.69) is 4.98 Å². The maximum atomic E-state index is 13.4. The summed E-state index contributed by atoms with van der Waals surface area (Å²) in [7, 11) is 1.52. The van der Waals surface area contributed by atoms with E-state index in [0.717, 1.165) is 0 Å². The van der Waals surface area contributed by atoms with Gasteiger partial charge in [0.15, 0.2) is 4.47 Å². The van der Waals surface area contributed by atoms with Crippen molar-refractivity contribution in [1.29, 1.82) is 0 Å². The molecule has 2 aromatic carbocycles. The summed E-state index contributed by atoms with van der Waals surface area (Å²) in [5.41, 5.74) is 1.30. The van der Waals surface area contributed by atoms with Gasteiger partial charge in [-0.25, -0.2) is 4.98 Å². The van der Waals surface area contributed by atoms with Gasteiger partial charge in [-0.1, -0.05) is 41.4 Å². The second-order valence-electron chi connectivity index (χ2n) is 5.46. The number of benzene rings is 2. The molecule has 0 fully saturated rings. The molecule has 0 unspecified atom stereocenters. The zero-order valence-corrected chi connectivity index (χ0v) is 15.8. The second kappa shape index (κ2) is 6.76. The van der Waals surface area contributed by atoms with Gasteiger partial charge in [0, 0.05) is 16.8 Å². The van der Waals surface area contributed by atoms with Gasteiger partial charge in [0.2, 0.25) is 5.43 Å². The summed E-state index contributed by atoms with van der Waals surface area (Å²) in [4.78, 5) is 18.0. The van der Waals surface area contributed by atoms with Crippen LogP contribution in [0.3, 0.4) is 0 Å². The van der Waals surface area contributed by atoms with Crippen LogP contribution in [-0.4, -0.2) is 12.1 Å². The number of nitrogens with zero attached hydrogens (tertiary/aromatic N) is 1. The van der Waals surface area contributed by atoms with Crippen molar-refractivity contribution in [3.05, 3.63) is 68.4 Å². The normalized spacial score (nSPS) is 11.0. The van der Waals surface area contributed by atoms with E-state index in [1.54, 1.807) is 42.6 Å². The minimum atomic E-state index is -0.209. The molecular formula is C19H11Cl2NO3S. The molecule has 0 bridgehead atoms. The number of hydrogen-bond acceptors (Lipinski definition) is 5. The van der Waals surface area contributed by atoms with Crippen molar-refractivity contribution >= 4 is 45.5 Å². The zero-order valence-electron chi connectivity index (χ0n) is 13.5. The molecule has 0 saturated carbocycles. The third-order valence-electron chi connectivity index (χ3n) is 3.91. The summed E-state index contributed by atoms with van der Waals surface area (Å²) in [5, 5.41) is 0.921. The lowest BCUT2D eigenvalue weighted by molar-refractivity contribution is 0.419. The highest BCUT2D eigenvalue weighted by atomic mass is 35.5. The Morgan fingerprint density at radius 2 is 1.96 bits per heavy atom. The third-order valence-corrected chi connectivity index (χ3v) is 5.28. The van der Waals surface area contributed by atoms with E-state index in [0.29, 0.717) is 48.0 Å². The first kappa shape index (κ1) is 17.1. The van der Waals surface area contributed by atoms with Crippen LogP contribution in [0, 0.1) is 0 Å². The van der Waals surface area contributed by atoms with E-state index >= 15 is 0 Å². The Hall–Kier alpha value is -2.34. The van der Waals surface area contributed by atoms with Crippen LogP contribution >= 0.6 is 34.5 Å². The minimum Gasteiger partial charge on any atom is -0.496 e. The molecule has 0 atom stereocenters. The number of methoxy groups -OCH3 is 1. The van der Waals surface area contributed by atoms with E-state index in [1.807, 2.05) is 6.07 Å². The molecule has 7 heteroatoms. The van der Waals surface area contributed by atoms with Crippen molar-refractivity contribution in [3.8, 4) is 27.5 Å². The quantitative estimate of drug-likeness (QED) is 0.427. The number of halogens is 2. The van der Waals surface area contributed by atoms with Gasteiger partial charge >= 0.3 is 0 Å². The highest BCUT2D eigenvalue weighted by Gasteiger charge is 2.21. The second-order valence-corrected chi connectivity index (χ2v) is 7.51. The van der Waals surface area contributed by atoms with Gasteiger partial charge in [-0.3, -0.25) is 4.79 Å². The molecular weight excluding hydrogens is 393 g/mol. The lowest BCUT2D eigenvalue weighted by Crippen LogP contribution is -2.08. The first-order chi connectivity index (χ1) is 12.6. The summed E-state index contributed by atoms with van der Waals surface area (Å²) >= 11 is 13.3. The number of aromatic nitrogens is 1. The molecule has 130 valence electrons.